The van der Waals surface area contributed by atoms with Gasteiger partial charge in [0.25, 0.3) is 5.91 Å². The molecule has 1 saturated heterocycles. The van der Waals surface area contributed by atoms with Crippen LogP contribution in [0.5, 0.6) is 0 Å². The second-order valence-corrected chi connectivity index (χ2v) is 10.2. The van der Waals surface area contributed by atoms with Crippen LogP contribution < -0.4 is 10.2 Å². The van der Waals surface area contributed by atoms with Gasteiger partial charge in [-0.2, -0.15) is 0 Å². The first kappa shape index (κ1) is 21.0. The van der Waals surface area contributed by atoms with E-state index in [1.54, 1.807) is 18.2 Å². The molecular weight excluding hydrogens is 448 g/mol. The number of carbonyl (C=O) groups is 1. The zero-order chi connectivity index (χ0) is 23.4. The van der Waals surface area contributed by atoms with Crippen LogP contribution in [0.15, 0.2) is 47.4 Å². The maximum atomic E-state index is 12.9. The van der Waals surface area contributed by atoms with Crippen LogP contribution in [0.3, 0.4) is 0 Å². The van der Waals surface area contributed by atoms with Crippen molar-refractivity contribution in [1.82, 2.24) is 24.8 Å². The molecule has 2 aliphatic heterocycles. The maximum absolute atomic E-state index is 12.9. The van der Waals surface area contributed by atoms with E-state index in [-0.39, 0.29) is 10.8 Å². The molecule has 2 aromatic heterocycles. The molecule has 0 aliphatic carbocycles. The van der Waals surface area contributed by atoms with E-state index < -0.39 is 0 Å². The highest BCUT2D eigenvalue weighted by Gasteiger charge is 2.38. The van der Waals surface area contributed by atoms with Gasteiger partial charge in [-0.3, -0.25) is 14.5 Å². The van der Waals surface area contributed by atoms with Crippen LogP contribution in [0.25, 0.3) is 10.2 Å². The molecule has 0 unspecified atom stereocenters. The number of likely N-dealkylation sites (tertiary alicyclic amines) is 1. The van der Waals surface area contributed by atoms with Gasteiger partial charge in [-0.15, -0.1) is 0 Å². The summed E-state index contributed by atoms with van der Waals surface area (Å²) in [5.41, 5.74) is 6.97. The molecule has 34 heavy (non-hydrogen) atoms. The van der Waals surface area contributed by atoms with Crippen molar-refractivity contribution in [2.75, 3.05) is 18.4 Å². The summed E-state index contributed by atoms with van der Waals surface area (Å²) < 4.78 is 0.812. The number of nitrogens with one attached hydrogen (secondary N) is 2. The molecule has 9 heteroatoms. The van der Waals surface area contributed by atoms with Gasteiger partial charge >= 0.3 is 4.87 Å². The lowest BCUT2D eigenvalue weighted by Gasteiger charge is -2.44. The molecule has 0 radical (unpaired) electrons. The molecule has 172 valence electrons. The number of anilines is 2. The number of hydrogen-bond donors (Lipinski definition) is 2. The number of H-pyrrole nitrogens is 1. The highest BCUT2D eigenvalue weighted by molar-refractivity contribution is 7.16. The molecule has 4 aromatic rings. The van der Waals surface area contributed by atoms with Gasteiger partial charge in [-0.1, -0.05) is 17.4 Å². The summed E-state index contributed by atoms with van der Waals surface area (Å²) in [5, 5.41) is 3.33. The third-order valence-electron chi connectivity index (χ3n) is 6.49. The Balaban J connectivity index is 1.09. The zero-order valence-electron chi connectivity index (χ0n) is 19.0. The Kier molecular flexibility index (Phi) is 4.96. The molecule has 0 saturated carbocycles. The van der Waals surface area contributed by atoms with Crippen LogP contribution in [0.4, 0.5) is 11.6 Å². The number of amides is 1. The Bertz CT molecular complexity index is 1470. The summed E-state index contributed by atoms with van der Waals surface area (Å²) in [6.45, 7) is 7.09. The number of carbonyl (C=O) groups excluding carboxylic acids is 1. The van der Waals surface area contributed by atoms with Crippen molar-refractivity contribution in [3.8, 4) is 0 Å². The van der Waals surface area contributed by atoms with Gasteiger partial charge in [0, 0.05) is 55.2 Å². The van der Waals surface area contributed by atoms with E-state index in [9.17, 15) is 9.59 Å². The number of aromatic amines is 1. The number of rotatable bonds is 4. The second-order valence-electron chi connectivity index (χ2n) is 9.16. The lowest BCUT2D eigenvalue weighted by molar-refractivity contribution is 0.0249. The van der Waals surface area contributed by atoms with Gasteiger partial charge in [-0.25, -0.2) is 9.97 Å². The minimum atomic E-state index is -0.104. The SMILES string of the molecule is Cc1cc(C)cc(Nc2ncc3c(n2)CN(C2CN(C(=O)c4ccc5[nH]c(=O)sc5c4)C2)C3)c1. The molecule has 0 atom stereocenters. The fourth-order valence-electron chi connectivity index (χ4n) is 4.79. The molecule has 0 spiro atoms. The van der Waals surface area contributed by atoms with Crippen molar-refractivity contribution in [1.29, 1.82) is 0 Å². The molecular formula is C25H24N6O2S. The van der Waals surface area contributed by atoms with Gasteiger partial charge < -0.3 is 15.2 Å². The molecule has 1 amide bonds. The van der Waals surface area contributed by atoms with Crippen molar-refractivity contribution in [2.45, 2.75) is 33.0 Å². The van der Waals surface area contributed by atoms with E-state index in [4.69, 9.17) is 4.98 Å². The lowest BCUT2D eigenvalue weighted by atomic mass is 10.0. The molecule has 6 rings (SSSR count). The molecule has 2 aromatic carbocycles. The fourth-order valence-corrected chi connectivity index (χ4v) is 5.56. The van der Waals surface area contributed by atoms with Crippen LogP contribution in [0, 0.1) is 13.8 Å². The van der Waals surface area contributed by atoms with Crippen molar-refractivity contribution in [3.05, 3.63) is 80.2 Å². The predicted octanol–water partition coefficient (Wildman–Crippen LogP) is 3.58. The highest BCUT2D eigenvalue weighted by atomic mass is 32.1. The lowest BCUT2D eigenvalue weighted by Crippen LogP contribution is -2.59. The van der Waals surface area contributed by atoms with E-state index in [0.29, 0.717) is 30.6 Å². The summed E-state index contributed by atoms with van der Waals surface area (Å²) in [6, 6.07) is 12.0. The predicted molar refractivity (Wildman–Crippen MR) is 133 cm³/mol. The molecule has 2 N–H and O–H groups in total. The molecule has 2 aliphatic rings. The normalized spacial score (nSPS) is 16.0. The topological polar surface area (TPSA) is 94.2 Å². The minimum absolute atomic E-state index is 0.00966. The van der Waals surface area contributed by atoms with Crippen molar-refractivity contribution in [2.24, 2.45) is 0 Å². The molecule has 4 heterocycles. The molecule has 1 fully saturated rings. The summed E-state index contributed by atoms with van der Waals surface area (Å²) in [7, 11) is 0. The zero-order valence-corrected chi connectivity index (χ0v) is 19.8. The van der Waals surface area contributed by atoms with Crippen molar-refractivity contribution < 1.29 is 4.79 Å². The average molecular weight is 473 g/mol. The van der Waals surface area contributed by atoms with Gasteiger partial charge in [0.2, 0.25) is 5.95 Å². The van der Waals surface area contributed by atoms with Gasteiger partial charge in [0.15, 0.2) is 0 Å². The summed E-state index contributed by atoms with van der Waals surface area (Å²) in [4.78, 5) is 40.6. The first-order valence-electron chi connectivity index (χ1n) is 11.3. The van der Waals surface area contributed by atoms with Crippen LogP contribution in [0.1, 0.15) is 32.7 Å². The van der Waals surface area contributed by atoms with Crippen LogP contribution in [0.2, 0.25) is 0 Å². The van der Waals surface area contributed by atoms with Crippen molar-refractivity contribution in [3.63, 3.8) is 0 Å². The fraction of sp³-hybridized carbons (Fsp3) is 0.280. The summed E-state index contributed by atoms with van der Waals surface area (Å²) >= 11 is 1.13. The minimum Gasteiger partial charge on any atom is -0.335 e. The Morgan fingerprint density at radius 1 is 1.12 bits per heavy atom. The monoisotopic (exact) mass is 472 g/mol. The smallest absolute Gasteiger partial charge is 0.305 e. The quantitative estimate of drug-likeness (QED) is 0.472. The number of fused-ring (bicyclic) bond motifs is 2. The average Bonchev–Trinajstić information content (AvgIpc) is 3.33. The number of aryl methyl sites for hydroxylation is 2. The van der Waals surface area contributed by atoms with Crippen LogP contribution >= 0.6 is 11.3 Å². The molecule has 0 bridgehead atoms. The van der Waals surface area contributed by atoms with E-state index in [2.05, 4.69) is 52.2 Å². The first-order valence-corrected chi connectivity index (χ1v) is 12.1. The number of thiazole rings is 1. The Hall–Kier alpha value is -3.56. The second kappa shape index (κ2) is 8.03. The van der Waals surface area contributed by atoms with E-state index in [1.807, 2.05) is 11.1 Å². The van der Waals surface area contributed by atoms with Crippen LogP contribution in [-0.4, -0.2) is 49.8 Å². The van der Waals surface area contributed by atoms with Gasteiger partial charge in [0.1, 0.15) is 0 Å². The Morgan fingerprint density at radius 2 is 1.91 bits per heavy atom. The maximum Gasteiger partial charge on any atom is 0.305 e. The first-order chi connectivity index (χ1) is 16.4. The Morgan fingerprint density at radius 3 is 2.71 bits per heavy atom. The number of benzene rings is 2. The van der Waals surface area contributed by atoms with E-state index in [1.165, 1.54) is 11.1 Å². The summed E-state index contributed by atoms with van der Waals surface area (Å²) in [6.07, 6.45) is 1.91. The summed E-state index contributed by atoms with van der Waals surface area (Å²) in [5.74, 6) is 0.619. The standard InChI is InChI=1S/C25H24N6O2S/c1-14-5-15(2)7-18(6-14)27-24-26-9-17-10-30(13-21(17)28-24)19-11-31(12-19)23(32)16-3-4-20-22(8-16)34-25(33)29-20/h3-9,19H,10-13H2,1-2H3,(H,29,33)(H,26,27,28). The van der Waals surface area contributed by atoms with Crippen LogP contribution in [-0.2, 0) is 13.1 Å². The third-order valence-corrected chi connectivity index (χ3v) is 7.34. The third kappa shape index (κ3) is 3.86. The van der Waals surface area contributed by atoms with E-state index >= 15 is 0 Å². The van der Waals surface area contributed by atoms with Gasteiger partial charge in [0.05, 0.1) is 15.9 Å². The highest BCUT2D eigenvalue weighted by Crippen LogP contribution is 2.29. The largest absolute Gasteiger partial charge is 0.335 e. The van der Waals surface area contributed by atoms with Gasteiger partial charge in [-0.05, 0) is 55.3 Å². The molecule has 8 nitrogen and oxygen atoms in total. The number of nitrogens with zero attached hydrogens (tertiary/aromatic N) is 4. The number of aromatic nitrogens is 3. The number of hydrogen-bond acceptors (Lipinski definition) is 7. The Labute approximate surface area is 200 Å². The van der Waals surface area contributed by atoms with E-state index in [0.717, 1.165) is 51.6 Å². The van der Waals surface area contributed by atoms with Crippen molar-refractivity contribution >= 4 is 39.1 Å².